The lowest BCUT2D eigenvalue weighted by Gasteiger charge is -2.02. The van der Waals surface area contributed by atoms with Crippen molar-refractivity contribution in [2.45, 2.75) is 20.4 Å². The topological polar surface area (TPSA) is 50.7 Å². The number of H-pyrrole nitrogens is 1. The minimum atomic E-state index is -0.0802. The summed E-state index contributed by atoms with van der Waals surface area (Å²) < 4.78 is 1.99. The van der Waals surface area contributed by atoms with Gasteiger partial charge in [0, 0.05) is 12.2 Å². The van der Waals surface area contributed by atoms with Crippen molar-refractivity contribution in [3.8, 4) is 0 Å². The molecule has 0 bridgehead atoms. The van der Waals surface area contributed by atoms with Crippen LogP contribution in [0.4, 0.5) is 0 Å². The van der Waals surface area contributed by atoms with Crippen molar-refractivity contribution in [1.29, 1.82) is 0 Å². The first-order chi connectivity index (χ1) is 7.16. The highest BCUT2D eigenvalue weighted by atomic mass is 16.1. The van der Waals surface area contributed by atoms with Gasteiger partial charge >= 0.3 is 0 Å². The van der Waals surface area contributed by atoms with Crippen LogP contribution in [0, 0.1) is 13.8 Å². The summed E-state index contributed by atoms with van der Waals surface area (Å²) in [5.74, 6) is 0. The monoisotopic (exact) mass is 203 g/mol. The van der Waals surface area contributed by atoms with E-state index in [-0.39, 0.29) is 5.56 Å². The summed E-state index contributed by atoms with van der Waals surface area (Å²) in [6, 6.07) is 0. The zero-order valence-electron chi connectivity index (χ0n) is 8.87. The summed E-state index contributed by atoms with van der Waals surface area (Å²) in [5, 5.41) is 0.678. The van der Waals surface area contributed by atoms with Crippen LogP contribution in [0.15, 0.2) is 23.8 Å². The Morgan fingerprint density at radius 3 is 3.00 bits per heavy atom. The van der Waals surface area contributed by atoms with Crippen LogP contribution in [-0.4, -0.2) is 14.5 Å². The molecule has 78 valence electrons. The Balaban J connectivity index is 2.93. The Kier molecular flexibility index (Phi) is 2.19. The van der Waals surface area contributed by atoms with E-state index in [4.69, 9.17) is 0 Å². The first kappa shape index (κ1) is 9.71. The lowest BCUT2D eigenvalue weighted by molar-refractivity contribution is 0.812. The smallest absolute Gasteiger partial charge is 0.260 e. The number of nitrogens with one attached hydrogen (secondary N) is 1. The van der Waals surface area contributed by atoms with E-state index in [0.29, 0.717) is 11.9 Å². The molecule has 4 nitrogen and oxygen atoms in total. The van der Waals surface area contributed by atoms with Crippen LogP contribution in [0.2, 0.25) is 0 Å². The maximum absolute atomic E-state index is 11.6. The number of rotatable bonds is 2. The number of aromatic nitrogens is 3. The highest BCUT2D eigenvalue weighted by Crippen LogP contribution is 2.19. The largest absolute Gasteiger partial charge is 0.326 e. The zero-order valence-corrected chi connectivity index (χ0v) is 8.87. The lowest BCUT2D eigenvalue weighted by Crippen LogP contribution is -2.07. The van der Waals surface area contributed by atoms with Gasteiger partial charge in [-0.05, 0) is 19.4 Å². The van der Waals surface area contributed by atoms with Gasteiger partial charge in [0.15, 0.2) is 0 Å². The predicted molar refractivity (Wildman–Crippen MR) is 60.0 cm³/mol. The molecule has 0 aliphatic carbocycles. The van der Waals surface area contributed by atoms with E-state index in [2.05, 4.69) is 16.5 Å². The van der Waals surface area contributed by atoms with Gasteiger partial charge in [0.1, 0.15) is 5.65 Å². The van der Waals surface area contributed by atoms with E-state index in [1.54, 1.807) is 6.08 Å². The van der Waals surface area contributed by atoms with Gasteiger partial charge in [0.25, 0.3) is 5.56 Å². The van der Waals surface area contributed by atoms with Crippen molar-refractivity contribution in [2.24, 2.45) is 0 Å². The molecule has 0 atom stereocenters. The van der Waals surface area contributed by atoms with Gasteiger partial charge in [-0.1, -0.05) is 6.08 Å². The van der Waals surface area contributed by atoms with Gasteiger partial charge in [0.2, 0.25) is 0 Å². The van der Waals surface area contributed by atoms with Crippen molar-refractivity contribution in [2.75, 3.05) is 0 Å². The molecular weight excluding hydrogens is 190 g/mol. The van der Waals surface area contributed by atoms with Gasteiger partial charge in [0.05, 0.1) is 11.7 Å². The fraction of sp³-hybridized carbons (Fsp3) is 0.273. The lowest BCUT2D eigenvalue weighted by atomic mass is 10.2. The molecule has 2 heterocycles. The average molecular weight is 203 g/mol. The quantitative estimate of drug-likeness (QED) is 0.752. The fourth-order valence-electron chi connectivity index (χ4n) is 1.83. The average Bonchev–Trinajstić information content (AvgIpc) is 2.45. The van der Waals surface area contributed by atoms with Crippen LogP contribution in [-0.2, 0) is 6.54 Å². The molecule has 0 saturated heterocycles. The van der Waals surface area contributed by atoms with Crippen molar-refractivity contribution in [1.82, 2.24) is 14.5 Å². The van der Waals surface area contributed by atoms with Gasteiger partial charge in [-0.15, -0.1) is 6.58 Å². The first-order valence-corrected chi connectivity index (χ1v) is 4.80. The third kappa shape index (κ3) is 1.29. The maximum atomic E-state index is 11.6. The number of allylic oxidation sites excluding steroid dienone is 1. The summed E-state index contributed by atoms with van der Waals surface area (Å²) in [7, 11) is 0. The fourth-order valence-corrected chi connectivity index (χ4v) is 1.83. The normalized spacial score (nSPS) is 10.8. The van der Waals surface area contributed by atoms with Gasteiger partial charge in [-0.3, -0.25) is 4.79 Å². The van der Waals surface area contributed by atoms with Crippen molar-refractivity contribution < 1.29 is 0 Å². The molecule has 0 aliphatic heterocycles. The molecular formula is C11H13N3O. The molecule has 1 N–H and O–H groups in total. The van der Waals surface area contributed by atoms with E-state index >= 15 is 0 Å². The number of fused-ring (bicyclic) bond motifs is 1. The van der Waals surface area contributed by atoms with E-state index in [1.165, 1.54) is 6.33 Å². The van der Waals surface area contributed by atoms with Crippen LogP contribution in [0.5, 0.6) is 0 Å². The third-order valence-electron chi connectivity index (χ3n) is 2.72. The van der Waals surface area contributed by atoms with Crippen molar-refractivity contribution in [3.05, 3.63) is 40.6 Å². The molecule has 15 heavy (non-hydrogen) atoms. The van der Waals surface area contributed by atoms with Gasteiger partial charge in [-0.25, -0.2) is 4.98 Å². The second-order valence-electron chi connectivity index (χ2n) is 3.54. The van der Waals surface area contributed by atoms with E-state index in [0.717, 1.165) is 16.9 Å². The molecule has 0 spiro atoms. The van der Waals surface area contributed by atoms with Crippen LogP contribution in [0.3, 0.4) is 0 Å². The molecule has 0 aliphatic rings. The van der Waals surface area contributed by atoms with Crippen molar-refractivity contribution in [3.63, 3.8) is 0 Å². The van der Waals surface area contributed by atoms with Crippen LogP contribution in [0.25, 0.3) is 11.0 Å². The summed E-state index contributed by atoms with van der Waals surface area (Å²) >= 11 is 0. The molecule has 0 unspecified atom stereocenters. The molecule has 0 fully saturated rings. The summed E-state index contributed by atoms with van der Waals surface area (Å²) in [6.07, 6.45) is 3.23. The third-order valence-corrected chi connectivity index (χ3v) is 2.72. The Bertz CT molecular complexity index is 577. The van der Waals surface area contributed by atoms with Crippen LogP contribution in [0.1, 0.15) is 11.3 Å². The highest BCUT2D eigenvalue weighted by molar-refractivity contribution is 5.80. The van der Waals surface area contributed by atoms with E-state index in [1.807, 2.05) is 18.4 Å². The standard InChI is InChI=1S/C11H13N3O/c1-4-5-14-8(3)7(2)9-10(14)12-6-13-11(9)15/h4,6H,1,5H2,2-3H3,(H,12,13,15). The summed E-state index contributed by atoms with van der Waals surface area (Å²) in [6.45, 7) is 8.30. The van der Waals surface area contributed by atoms with Gasteiger partial charge < -0.3 is 9.55 Å². The second kappa shape index (κ2) is 3.38. The summed E-state index contributed by atoms with van der Waals surface area (Å²) in [4.78, 5) is 18.4. The molecule has 4 heteroatoms. The van der Waals surface area contributed by atoms with E-state index < -0.39 is 0 Å². The number of hydrogen-bond acceptors (Lipinski definition) is 2. The second-order valence-corrected chi connectivity index (χ2v) is 3.54. The minimum Gasteiger partial charge on any atom is -0.326 e. The highest BCUT2D eigenvalue weighted by Gasteiger charge is 2.13. The Hall–Kier alpha value is -1.84. The summed E-state index contributed by atoms with van der Waals surface area (Å²) in [5.41, 5.74) is 2.70. The molecule has 0 amide bonds. The van der Waals surface area contributed by atoms with E-state index in [9.17, 15) is 4.79 Å². The zero-order chi connectivity index (χ0) is 11.0. The van der Waals surface area contributed by atoms with Crippen molar-refractivity contribution >= 4 is 11.0 Å². The number of nitrogens with zero attached hydrogens (tertiary/aromatic N) is 2. The molecule has 2 rings (SSSR count). The molecule has 2 aromatic rings. The molecule has 2 aromatic heterocycles. The Labute approximate surface area is 87.3 Å². The molecule has 0 radical (unpaired) electrons. The van der Waals surface area contributed by atoms with Gasteiger partial charge in [-0.2, -0.15) is 0 Å². The molecule has 0 aromatic carbocycles. The predicted octanol–water partition coefficient (Wildman–Crippen LogP) is 1.53. The molecule has 0 saturated carbocycles. The number of aromatic amines is 1. The maximum Gasteiger partial charge on any atom is 0.260 e. The minimum absolute atomic E-state index is 0.0802. The SMILES string of the molecule is C=CCn1c(C)c(C)c2c(=O)[nH]cnc21. The Morgan fingerprint density at radius 1 is 1.60 bits per heavy atom. The Morgan fingerprint density at radius 2 is 2.33 bits per heavy atom. The van der Waals surface area contributed by atoms with Crippen LogP contribution >= 0.6 is 0 Å². The van der Waals surface area contributed by atoms with Crippen LogP contribution < -0.4 is 5.56 Å². The first-order valence-electron chi connectivity index (χ1n) is 4.80. The number of hydrogen-bond donors (Lipinski definition) is 1. The number of aryl methyl sites for hydroxylation is 1.